The lowest BCUT2D eigenvalue weighted by atomic mass is 9.89. The van der Waals surface area contributed by atoms with Crippen LogP contribution in [0.5, 0.6) is 0 Å². The van der Waals surface area contributed by atoms with Crippen molar-refractivity contribution in [2.24, 2.45) is 5.41 Å². The highest BCUT2D eigenvalue weighted by Gasteiger charge is 2.50. The molecule has 0 aromatic carbocycles. The first-order chi connectivity index (χ1) is 4.37. The van der Waals surface area contributed by atoms with Crippen molar-refractivity contribution in [2.75, 3.05) is 6.67 Å². The molecule has 0 bridgehead atoms. The summed E-state index contributed by atoms with van der Waals surface area (Å²) in [5.41, 5.74) is -2.87. The van der Waals surface area contributed by atoms with Crippen LogP contribution < -0.4 is 0 Å². The van der Waals surface area contributed by atoms with Gasteiger partial charge in [-0.1, -0.05) is 0 Å². The quantitative estimate of drug-likeness (QED) is 0.535. The molecule has 4 heteroatoms. The van der Waals surface area contributed by atoms with Gasteiger partial charge in [-0.15, -0.1) is 0 Å². The Morgan fingerprint density at radius 1 is 1.20 bits per heavy atom. The number of hydrogen-bond acceptors (Lipinski definition) is 0. The summed E-state index contributed by atoms with van der Waals surface area (Å²) >= 11 is 0. The van der Waals surface area contributed by atoms with Crippen molar-refractivity contribution < 1.29 is 17.6 Å². The van der Waals surface area contributed by atoms with Crippen molar-refractivity contribution in [1.82, 2.24) is 0 Å². The maximum Gasteiger partial charge on any atom is 0.397 e. The molecule has 0 aromatic rings. The van der Waals surface area contributed by atoms with Gasteiger partial charge in [0.1, 0.15) is 6.67 Å². The SMILES string of the molecule is [CH]CC([CH])(CF)C(F)(F)F. The zero-order chi connectivity index (χ0) is 8.41. The predicted octanol–water partition coefficient (Wildman–Crippen LogP) is 2.32. The maximum absolute atomic E-state index is 11.7. The molecule has 0 saturated heterocycles. The summed E-state index contributed by atoms with van der Waals surface area (Å²) in [4.78, 5) is 0. The van der Waals surface area contributed by atoms with Crippen LogP contribution >= 0.6 is 0 Å². The minimum absolute atomic E-state index is 0.938. The Balaban J connectivity index is 4.33. The number of hydrogen-bond donors (Lipinski definition) is 0. The topological polar surface area (TPSA) is 0 Å². The lowest BCUT2D eigenvalue weighted by Gasteiger charge is -2.26. The molecule has 0 amide bonds. The van der Waals surface area contributed by atoms with Crippen LogP contribution in [-0.2, 0) is 0 Å². The normalized spacial score (nSPS) is 18.6. The Morgan fingerprint density at radius 3 is 1.60 bits per heavy atom. The zero-order valence-electron chi connectivity index (χ0n) is 5.08. The molecule has 0 heterocycles. The molecule has 10 heavy (non-hydrogen) atoms. The molecule has 58 valence electrons. The molecule has 0 N–H and O–H groups in total. The average Bonchev–Trinajstić information content (AvgIpc) is 1.84. The lowest BCUT2D eigenvalue weighted by molar-refractivity contribution is -0.211. The van der Waals surface area contributed by atoms with Gasteiger partial charge in [0.25, 0.3) is 0 Å². The van der Waals surface area contributed by atoms with Gasteiger partial charge >= 0.3 is 6.18 Å². The molecular formula is C6H6F4. The van der Waals surface area contributed by atoms with Crippen LogP contribution in [0, 0.1) is 19.3 Å². The summed E-state index contributed by atoms with van der Waals surface area (Å²) in [6, 6.07) is 0. The highest BCUT2D eigenvalue weighted by molar-refractivity contribution is 4.89. The van der Waals surface area contributed by atoms with Gasteiger partial charge in [0.15, 0.2) is 0 Å². The first-order valence-electron chi connectivity index (χ1n) is 2.49. The van der Waals surface area contributed by atoms with Crippen molar-refractivity contribution in [1.29, 1.82) is 0 Å². The molecule has 0 nitrogen and oxygen atoms in total. The van der Waals surface area contributed by atoms with E-state index in [1.807, 2.05) is 0 Å². The van der Waals surface area contributed by atoms with Crippen molar-refractivity contribution >= 4 is 0 Å². The second kappa shape index (κ2) is 2.76. The maximum atomic E-state index is 11.7. The molecule has 0 aromatic heterocycles. The van der Waals surface area contributed by atoms with Crippen molar-refractivity contribution in [3.8, 4) is 0 Å². The molecule has 1 unspecified atom stereocenters. The van der Waals surface area contributed by atoms with E-state index in [1.54, 1.807) is 0 Å². The van der Waals surface area contributed by atoms with Gasteiger partial charge in [-0.05, 0) is 20.3 Å². The van der Waals surface area contributed by atoms with Crippen LogP contribution in [0.3, 0.4) is 0 Å². The highest BCUT2D eigenvalue weighted by Crippen LogP contribution is 2.40. The van der Waals surface area contributed by atoms with Crippen LogP contribution in [0.1, 0.15) is 6.42 Å². The number of alkyl halides is 4. The van der Waals surface area contributed by atoms with E-state index in [2.05, 4.69) is 13.8 Å². The first kappa shape index (κ1) is 9.72. The van der Waals surface area contributed by atoms with Crippen LogP contribution in [0.2, 0.25) is 0 Å². The third-order valence-electron chi connectivity index (χ3n) is 1.17. The molecule has 0 aliphatic carbocycles. The lowest BCUT2D eigenvalue weighted by Crippen LogP contribution is -2.36. The average molecular weight is 154 g/mol. The minimum atomic E-state index is -4.77. The van der Waals surface area contributed by atoms with Crippen LogP contribution in [0.15, 0.2) is 0 Å². The molecule has 0 spiro atoms. The largest absolute Gasteiger partial charge is 0.397 e. The summed E-state index contributed by atoms with van der Waals surface area (Å²) in [5, 5.41) is 0. The van der Waals surface area contributed by atoms with Gasteiger partial charge in [-0.2, -0.15) is 13.2 Å². The Morgan fingerprint density at radius 2 is 1.60 bits per heavy atom. The molecule has 4 radical (unpaired) electrons. The molecule has 0 fully saturated rings. The van der Waals surface area contributed by atoms with Gasteiger partial charge in [0.05, 0.1) is 5.41 Å². The van der Waals surface area contributed by atoms with Crippen LogP contribution in [0.4, 0.5) is 17.6 Å². The predicted molar refractivity (Wildman–Crippen MR) is 27.7 cm³/mol. The molecule has 0 aliphatic heterocycles. The highest BCUT2D eigenvalue weighted by atomic mass is 19.4. The molecule has 0 rings (SSSR count). The Bertz CT molecular complexity index is 101. The Kier molecular flexibility index (Phi) is 2.68. The smallest absolute Gasteiger partial charge is 0.250 e. The van der Waals surface area contributed by atoms with Gasteiger partial charge < -0.3 is 0 Å². The van der Waals surface area contributed by atoms with Crippen LogP contribution in [-0.4, -0.2) is 12.9 Å². The van der Waals surface area contributed by atoms with Crippen molar-refractivity contribution in [3.63, 3.8) is 0 Å². The number of halogens is 4. The first-order valence-corrected chi connectivity index (χ1v) is 2.49. The van der Waals surface area contributed by atoms with E-state index in [9.17, 15) is 17.6 Å². The van der Waals surface area contributed by atoms with Crippen LogP contribution in [0.25, 0.3) is 0 Å². The van der Waals surface area contributed by atoms with Crippen molar-refractivity contribution in [2.45, 2.75) is 12.6 Å². The summed E-state index contributed by atoms with van der Waals surface area (Å²) in [7, 11) is 0. The fourth-order valence-electron chi connectivity index (χ4n) is 0.246. The molecule has 0 saturated carbocycles. The zero-order valence-corrected chi connectivity index (χ0v) is 5.08. The van der Waals surface area contributed by atoms with Gasteiger partial charge in [-0.25, -0.2) is 0 Å². The molecular weight excluding hydrogens is 148 g/mol. The van der Waals surface area contributed by atoms with E-state index in [0.29, 0.717) is 0 Å². The van der Waals surface area contributed by atoms with E-state index in [4.69, 9.17) is 0 Å². The van der Waals surface area contributed by atoms with E-state index in [0.717, 1.165) is 0 Å². The Hall–Kier alpha value is -0.280. The van der Waals surface area contributed by atoms with Gasteiger partial charge in [-0.3, -0.25) is 4.39 Å². The summed E-state index contributed by atoms with van der Waals surface area (Å²) in [6.45, 7) is 7.48. The summed E-state index contributed by atoms with van der Waals surface area (Å²) in [6.07, 6.45) is -5.70. The minimum Gasteiger partial charge on any atom is -0.250 e. The third kappa shape index (κ3) is 1.61. The van der Waals surface area contributed by atoms with Gasteiger partial charge in [0, 0.05) is 0 Å². The summed E-state index contributed by atoms with van der Waals surface area (Å²) in [5.74, 6) is 0. The van der Waals surface area contributed by atoms with Gasteiger partial charge in [0.2, 0.25) is 0 Å². The molecule has 0 aliphatic rings. The standard InChI is InChI=1S/C6H6F4/c1-3-5(2,4-7)6(8,9)10/h1-2H,3-4H2. The van der Waals surface area contributed by atoms with E-state index < -0.39 is 24.7 Å². The molecule has 1 atom stereocenters. The number of rotatable bonds is 2. The fraction of sp³-hybridized carbons (Fsp3) is 0.667. The Labute approximate surface area is 57.2 Å². The van der Waals surface area contributed by atoms with Crippen molar-refractivity contribution in [3.05, 3.63) is 13.8 Å². The van der Waals surface area contributed by atoms with E-state index in [1.165, 1.54) is 0 Å². The van der Waals surface area contributed by atoms with E-state index in [-0.39, 0.29) is 0 Å². The monoisotopic (exact) mass is 154 g/mol. The second-order valence-corrected chi connectivity index (χ2v) is 1.99. The van der Waals surface area contributed by atoms with E-state index >= 15 is 0 Å². The fourth-order valence-corrected chi connectivity index (χ4v) is 0.246. The second-order valence-electron chi connectivity index (χ2n) is 1.99. The third-order valence-corrected chi connectivity index (χ3v) is 1.17. The summed E-state index contributed by atoms with van der Waals surface area (Å²) < 4.78 is 46.6.